The van der Waals surface area contributed by atoms with Crippen LogP contribution in [0.15, 0.2) is 29.3 Å². The van der Waals surface area contributed by atoms with Gasteiger partial charge in [-0.1, -0.05) is 12.1 Å². The fourth-order valence-corrected chi connectivity index (χ4v) is 3.45. The van der Waals surface area contributed by atoms with Crippen LogP contribution in [0.4, 0.5) is 0 Å². The normalized spacial score (nSPS) is 16.4. The van der Waals surface area contributed by atoms with E-state index < -0.39 is 0 Å². The molecule has 3 rings (SSSR count). The lowest BCUT2D eigenvalue weighted by Gasteiger charge is -2.34. The number of fused-ring (bicyclic) bond motifs is 1. The molecule has 1 aromatic heterocycles. The zero-order valence-electron chi connectivity index (χ0n) is 16.0. The van der Waals surface area contributed by atoms with Crippen molar-refractivity contribution in [3.63, 3.8) is 0 Å². The zero-order valence-corrected chi connectivity index (χ0v) is 16.0. The van der Waals surface area contributed by atoms with Gasteiger partial charge in [-0.15, -0.1) is 0 Å². The maximum Gasteiger partial charge on any atom is 0.193 e. The average Bonchev–Trinajstić information content (AvgIpc) is 3.08. The molecule has 26 heavy (non-hydrogen) atoms. The number of hydrogen-bond donors (Lipinski definition) is 2. The second-order valence-electron chi connectivity index (χ2n) is 6.68. The Balaban J connectivity index is 1.49. The van der Waals surface area contributed by atoms with Gasteiger partial charge in [-0.05, 0) is 45.2 Å². The summed E-state index contributed by atoms with van der Waals surface area (Å²) in [5.74, 6) is 2.08. The summed E-state index contributed by atoms with van der Waals surface area (Å²) in [6, 6.07) is 8.17. The Bertz CT molecular complexity index is 670. The maximum atomic E-state index is 5.75. The fourth-order valence-electron chi connectivity index (χ4n) is 3.45. The Hall–Kier alpha value is -2.08. The van der Waals surface area contributed by atoms with Gasteiger partial charge in [-0.25, -0.2) is 4.98 Å². The summed E-state index contributed by atoms with van der Waals surface area (Å²) in [6.07, 6.45) is 4.48. The van der Waals surface area contributed by atoms with Gasteiger partial charge in [-0.3, -0.25) is 4.99 Å². The molecular weight excluding hydrogens is 326 g/mol. The molecule has 0 unspecified atom stereocenters. The van der Waals surface area contributed by atoms with E-state index in [4.69, 9.17) is 9.73 Å². The summed E-state index contributed by atoms with van der Waals surface area (Å²) in [5.41, 5.74) is 2.15. The Morgan fingerprint density at radius 1 is 1.31 bits per heavy atom. The predicted octanol–water partition coefficient (Wildman–Crippen LogP) is 2.96. The Kier molecular flexibility index (Phi) is 6.89. The minimum absolute atomic E-state index is 0.409. The van der Waals surface area contributed by atoms with Crippen LogP contribution in [0.5, 0.6) is 0 Å². The highest BCUT2D eigenvalue weighted by Crippen LogP contribution is 2.14. The number of aliphatic imine (C=N–C) groups is 1. The number of hydrogen-bond acceptors (Lipinski definition) is 3. The van der Waals surface area contributed by atoms with E-state index in [2.05, 4.69) is 40.1 Å². The van der Waals surface area contributed by atoms with Gasteiger partial charge in [0, 0.05) is 39.2 Å². The average molecular weight is 358 g/mol. The monoisotopic (exact) mass is 357 g/mol. The van der Waals surface area contributed by atoms with E-state index in [-0.39, 0.29) is 0 Å². The number of aryl methyl sites for hydroxylation is 1. The molecule has 0 spiro atoms. The number of para-hydroxylation sites is 2. The highest BCUT2D eigenvalue weighted by atomic mass is 16.5. The molecule has 1 aromatic carbocycles. The Labute approximate surface area is 156 Å². The number of likely N-dealkylation sites (tertiary alicyclic amines) is 1. The summed E-state index contributed by atoms with van der Waals surface area (Å²) >= 11 is 0. The van der Waals surface area contributed by atoms with Gasteiger partial charge in [0.25, 0.3) is 0 Å². The summed E-state index contributed by atoms with van der Waals surface area (Å²) in [5, 5.41) is 3.43. The SMILES string of the molecule is CCNC(=NCCCc1nc2ccccc2[nH]1)N1CCC(OCC)CC1. The van der Waals surface area contributed by atoms with Crippen molar-refractivity contribution in [2.24, 2.45) is 4.99 Å². The molecule has 1 aliphatic heterocycles. The zero-order chi connectivity index (χ0) is 18.2. The van der Waals surface area contributed by atoms with Crippen LogP contribution < -0.4 is 5.32 Å². The third-order valence-electron chi connectivity index (χ3n) is 4.75. The number of imidazole rings is 1. The van der Waals surface area contributed by atoms with Crippen molar-refractivity contribution in [3.05, 3.63) is 30.1 Å². The molecular formula is C20H31N5O. The second kappa shape index (κ2) is 9.57. The predicted molar refractivity (Wildman–Crippen MR) is 107 cm³/mol. The topological polar surface area (TPSA) is 65.5 Å². The van der Waals surface area contributed by atoms with Crippen LogP contribution in [0.1, 0.15) is 38.9 Å². The number of aromatic amines is 1. The second-order valence-corrected chi connectivity index (χ2v) is 6.68. The molecule has 1 aliphatic rings. The van der Waals surface area contributed by atoms with Crippen LogP contribution in [0.2, 0.25) is 0 Å². The molecule has 2 heterocycles. The lowest BCUT2D eigenvalue weighted by atomic mass is 10.1. The van der Waals surface area contributed by atoms with Crippen molar-refractivity contribution in [1.29, 1.82) is 0 Å². The first-order valence-electron chi connectivity index (χ1n) is 9.88. The Morgan fingerprint density at radius 3 is 2.85 bits per heavy atom. The highest BCUT2D eigenvalue weighted by Gasteiger charge is 2.21. The molecule has 1 fully saturated rings. The van der Waals surface area contributed by atoms with Crippen molar-refractivity contribution in [1.82, 2.24) is 20.2 Å². The first-order chi connectivity index (χ1) is 12.8. The van der Waals surface area contributed by atoms with E-state index in [0.29, 0.717) is 6.10 Å². The number of benzene rings is 1. The van der Waals surface area contributed by atoms with E-state index in [9.17, 15) is 0 Å². The van der Waals surface area contributed by atoms with Crippen molar-refractivity contribution >= 4 is 17.0 Å². The third-order valence-corrected chi connectivity index (χ3v) is 4.75. The number of aromatic nitrogens is 2. The summed E-state index contributed by atoms with van der Waals surface area (Å²) in [4.78, 5) is 15.2. The molecule has 0 aliphatic carbocycles. The first-order valence-corrected chi connectivity index (χ1v) is 9.88. The fraction of sp³-hybridized carbons (Fsp3) is 0.600. The molecule has 2 aromatic rings. The van der Waals surface area contributed by atoms with Crippen molar-refractivity contribution in [2.45, 2.75) is 45.6 Å². The molecule has 0 bridgehead atoms. The lowest BCUT2D eigenvalue weighted by molar-refractivity contribution is 0.0264. The third kappa shape index (κ3) is 4.97. The van der Waals surface area contributed by atoms with E-state index in [1.165, 1.54) is 0 Å². The number of H-pyrrole nitrogens is 1. The van der Waals surface area contributed by atoms with Gasteiger partial charge in [0.2, 0.25) is 0 Å². The smallest absolute Gasteiger partial charge is 0.193 e. The Morgan fingerprint density at radius 2 is 2.12 bits per heavy atom. The number of ether oxygens (including phenoxy) is 1. The van der Waals surface area contributed by atoms with Crippen molar-refractivity contribution < 1.29 is 4.74 Å². The number of rotatable bonds is 7. The standard InChI is InChI=1S/C20H31N5O/c1-3-21-20(25-14-11-16(12-15-25)26-4-2)22-13-7-10-19-23-17-8-5-6-9-18(17)24-19/h5-6,8-9,16H,3-4,7,10-15H2,1-2H3,(H,21,22)(H,23,24). The molecule has 6 heteroatoms. The van der Waals surface area contributed by atoms with Crippen molar-refractivity contribution in [3.8, 4) is 0 Å². The van der Waals surface area contributed by atoms with E-state index >= 15 is 0 Å². The molecule has 142 valence electrons. The number of piperidine rings is 1. The molecule has 2 N–H and O–H groups in total. The summed E-state index contributed by atoms with van der Waals surface area (Å²) < 4.78 is 5.75. The van der Waals surface area contributed by atoms with Crippen LogP contribution in [-0.4, -0.2) is 59.7 Å². The van der Waals surface area contributed by atoms with Crippen LogP contribution in [0.3, 0.4) is 0 Å². The largest absolute Gasteiger partial charge is 0.378 e. The molecule has 6 nitrogen and oxygen atoms in total. The molecule has 0 amide bonds. The highest BCUT2D eigenvalue weighted by molar-refractivity contribution is 5.80. The van der Waals surface area contributed by atoms with E-state index in [1.807, 2.05) is 18.2 Å². The molecule has 0 saturated carbocycles. The minimum Gasteiger partial charge on any atom is -0.378 e. The van der Waals surface area contributed by atoms with Gasteiger partial charge in [-0.2, -0.15) is 0 Å². The quantitative estimate of drug-likeness (QED) is 0.454. The lowest BCUT2D eigenvalue weighted by Crippen LogP contribution is -2.47. The molecule has 1 saturated heterocycles. The van der Waals surface area contributed by atoms with Crippen LogP contribution >= 0.6 is 0 Å². The van der Waals surface area contributed by atoms with E-state index in [1.54, 1.807) is 0 Å². The van der Waals surface area contributed by atoms with Crippen LogP contribution in [0, 0.1) is 0 Å². The number of guanidine groups is 1. The van der Waals surface area contributed by atoms with Crippen molar-refractivity contribution in [2.75, 3.05) is 32.8 Å². The van der Waals surface area contributed by atoms with Crippen LogP contribution in [-0.2, 0) is 11.2 Å². The van der Waals surface area contributed by atoms with Crippen LogP contribution in [0.25, 0.3) is 11.0 Å². The van der Waals surface area contributed by atoms with Gasteiger partial charge in [0.05, 0.1) is 17.1 Å². The van der Waals surface area contributed by atoms with Gasteiger partial charge >= 0.3 is 0 Å². The molecule has 0 atom stereocenters. The number of nitrogens with zero attached hydrogens (tertiary/aromatic N) is 3. The van der Waals surface area contributed by atoms with Gasteiger partial charge in [0.15, 0.2) is 5.96 Å². The first kappa shape index (κ1) is 18.7. The minimum atomic E-state index is 0.409. The van der Waals surface area contributed by atoms with Gasteiger partial charge in [0.1, 0.15) is 5.82 Å². The summed E-state index contributed by atoms with van der Waals surface area (Å²) in [7, 11) is 0. The molecule has 0 radical (unpaired) electrons. The van der Waals surface area contributed by atoms with E-state index in [0.717, 1.165) is 81.3 Å². The maximum absolute atomic E-state index is 5.75. The number of nitrogens with one attached hydrogen (secondary N) is 2. The van der Waals surface area contributed by atoms with Gasteiger partial charge < -0.3 is 19.9 Å². The summed E-state index contributed by atoms with van der Waals surface area (Å²) in [6.45, 7) is 8.73.